The Kier molecular flexibility index (Phi) is 6.66. The molecule has 32 heavy (non-hydrogen) atoms. The fraction of sp³-hybridized carbons (Fsp3) is 0.391. The van der Waals surface area contributed by atoms with Crippen LogP contribution in [0.4, 0.5) is 26.1 Å². The molecule has 0 spiro atoms. The van der Waals surface area contributed by atoms with Crippen LogP contribution in [0.15, 0.2) is 42.7 Å². The van der Waals surface area contributed by atoms with Crippen molar-refractivity contribution in [3.63, 3.8) is 0 Å². The van der Waals surface area contributed by atoms with Crippen molar-refractivity contribution in [2.24, 2.45) is 0 Å². The molecule has 0 unspecified atom stereocenters. The summed E-state index contributed by atoms with van der Waals surface area (Å²) in [6.45, 7) is 4.81. The first-order valence-corrected chi connectivity index (χ1v) is 10.7. The van der Waals surface area contributed by atoms with Crippen molar-refractivity contribution in [1.82, 2.24) is 19.7 Å². The molecule has 1 saturated heterocycles. The molecule has 4 rings (SSSR count). The van der Waals surface area contributed by atoms with Crippen LogP contribution in [0.25, 0.3) is 5.69 Å². The maximum atomic E-state index is 13.5. The minimum Gasteiger partial charge on any atom is -0.395 e. The van der Waals surface area contributed by atoms with Gasteiger partial charge in [-0.3, -0.25) is 0 Å². The Hall–Kier alpha value is -3.04. The fourth-order valence-electron chi connectivity index (χ4n) is 4.17. The largest absolute Gasteiger partial charge is 0.395 e. The van der Waals surface area contributed by atoms with Crippen molar-refractivity contribution in [2.75, 3.05) is 43.5 Å². The summed E-state index contributed by atoms with van der Waals surface area (Å²) in [5.74, 6) is -0.991. The molecule has 0 aliphatic carbocycles. The summed E-state index contributed by atoms with van der Waals surface area (Å²) in [6.07, 6.45) is 3.51. The van der Waals surface area contributed by atoms with Gasteiger partial charge in [0.05, 0.1) is 12.3 Å². The van der Waals surface area contributed by atoms with Gasteiger partial charge in [0.2, 0.25) is 5.95 Å². The Labute approximate surface area is 186 Å². The quantitative estimate of drug-likeness (QED) is 0.584. The number of aryl methyl sites for hydroxylation is 1. The van der Waals surface area contributed by atoms with Gasteiger partial charge in [0.15, 0.2) is 0 Å². The predicted molar refractivity (Wildman–Crippen MR) is 121 cm³/mol. The Morgan fingerprint density at radius 1 is 1.06 bits per heavy atom. The third kappa shape index (κ3) is 5.23. The Morgan fingerprint density at radius 2 is 1.78 bits per heavy atom. The van der Waals surface area contributed by atoms with Crippen LogP contribution in [-0.2, 0) is 0 Å². The van der Waals surface area contributed by atoms with Crippen LogP contribution in [0, 0.1) is 18.6 Å². The molecule has 0 radical (unpaired) electrons. The number of rotatable bonds is 7. The maximum absolute atomic E-state index is 13.5. The van der Waals surface area contributed by atoms with Crippen LogP contribution < -0.4 is 10.2 Å². The van der Waals surface area contributed by atoms with E-state index in [0.717, 1.165) is 48.9 Å². The van der Waals surface area contributed by atoms with Gasteiger partial charge in [-0.1, -0.05) is 0 Å². The zero-order valence-corrected chi connectivity index (χ0v) is 18.3. The van der Waals surface area contributed by atoms with Gasteiger partial charge in [-0.05, 0) is 62.7 Å². The monoisotopic (exact) mass is 442 g/mol. The van der Waals surface area contributed by atoms with Gasteiger partial charge in [0.25, 0.3) is 0 Å². The third-order valence-electron chi connectivity index (χ3n) is 5.83. The van der Waals surface area contributed by atoms with E-state index in [-0.39, 0.29) is 12.3 Å². The lowest BCUT2D eigenvalue weighted by molar-refractivity contribution is 0.162. The van der Waals surface area contributed by atoms with E-state index in [0.29, 0.717) is 18.5 Å². The van der Waals surface area contributed by atoms with Crippen LogP contribution >= 0.6 is 0 Å². The number of aliphatic hydroxyl groups excluding tert-OH is 1. The number of aromatic nitrogens is 3. The van der Waals surface area contributed by atoms with E-state index in [2.05, 4.69) is 44.4 Å². The number of benzene rings is 2. The van der Waals surface area contributed by atoms with Crippen molar-refractivity contribution in [3.8, 4) is 5.69 Å². The number of nitrogens with zero attached hydrogens (tertiary/aromatic N) is 5. The zero-order valence-electron chi connectivity index (χ0n) is 18.3. The number of hydrogen-bond donors (Lipinski definition) is 2. The molecule has 9 heteroatoms. The molecule has 1 aliphatic rings. The topological polar surface area (TPSA) is 69.5 Å². The molecule has 7 nitrogen and oxygen atoms in total. The van der Waals surface area contributed by atoms with Crippen molar-refractivity contribution in [2.45, 2.75) is 25.8 Å². The molecule has 1 aromatic heterocycles. The van der Waals surface area contributed by atoms with Crippen LogP contribution in [0.3, 0.4) is 0 Å². The van der Waals surface area contributed by atoms with E-state index in [1.165, 1.54) is 23.1 Å². The first-order chi connectivity index (χ1) is 15.4. The van der Waals surface area contributed by atoms with Gasteiger partial charge in [0.1, 0.15) is 18.0 Å². The second kappa shape index (κ2) is 9.62. The number of hydrogen-bond acceptors (Lipinski definition) is 6. The average Bonchev–Trinajstić information content (AvgIpc) is 3.21. The number of halogens is 2. The first kappa shape index (κ1) is 22.2. The maximum Gasteiger partial charge on any atom is 0.246 e. The Morgan fingerprint density at radius 3 is 2.47 bits per heavy atom. The number of aliphatic hydroxyl groups is 1. The van der Waals surface area contributed by atoms with Crippen molar-refractivity contribution < 1.29 is 13.9 Å². The molecule has 0 atom stereocenters. The highest BCUT2D eigenvalue weighted by Gasteiger charge is 2.22. The second-order valence-electron chi connectivity index (χ2n) is 8.25. The van der Waals surface area contributed by atoms with E-state index < -0.39 is 11.6 Å². The SMILES string of the molecule is Cc1cc(Nc2ncn(-c3cc(F)cc(F)c3)n2)cc(N2CCC(N(C)CCO)CC2)c1. The molecular formula is C23H28F2N6O. The molecule has 1 fully saturated rings. The van der Waals surface area contributed by atoms with Crippen LogP contribution in [0.5, 0.6) is 0 Å². The minimum atomic E-state index is -0.667. The summed E-state index contributed by atoms with van der Waals surface area (Å²) < 4.78 is 28.3. The normalized spacial score (nSPS) is 14.9. The summed E-state index contributed by atoms with van der Waals surface area (Å²) in [7, 11) is 2.07. The standard InChI is InChI=1S/C23H28F2N6O/c1-16-9-19(14-21(10-16)30-5-3-20(4-6-30)29(2)7-8-32)27-23-26-15-31(28-23)22-12-17(24)11-18(25)13-22/h9-15,20,32H,3-8H2,1-2H3,(H,27,28). The van der Waals surface area contributed by atoms with Crippen LogP contribution in [0.1, 0.15) is 18.4 Å². The van der Waals surface area contributed by atoms with Gasteiger partial charge >= 0.3 is 0 Å². The molecular weight excluding hydrogens is 414 g/mol. The lowest BCUT2D eigenvalue weighted by Crippen LogP contribution is -2.44. The number of anilines is 3. The number of nitrogens with one attached hydrogen (secondary N) is 1. The first-order valence-electron chi connectivity index (χ1n) is 10.7. The van der Waals surface area contributed by atoms with E-state index in [4.69, 9.17) is 5.11 Å². The third-order valence-corrected chi connectivity index (χ3v) is 5.83. The molecule has 170 valence electrons. The molecule has 2 N–H and O–H groups in total. The van der Waals surface area contributed by atoms with Gasteiger partial charge in [-0.15, -0.1) is 5.10 Å². The van der Waals surface area contributed by atoms with Crippen molar-refractivity contribution in [1.29, 1.82) is 0 Å². The molecule has 0 amide bonds. The minimum absolute atomic E-state index is 0.182. The second-order valence-corrected chi connectivity index (χ2v) is 8.25. The highest BCUT2D eigenvalue weighted by Crippen LogP contribution is 2.27. The van der Waals surface area contributed by atoms with Crippen LogP contribution in [0.2, 0.25) is 0 Å². The Balaban J connectivity index is 1.45. The summed E-state index contributed by atoms with van der Waals surface area (Å²) >= 11 is 0. The Bertz CT molecular complexity index is 1040. The lowest BCUT2D eigenvalue weighted by atomic mass is 10.0. The molecule has 0 bridgehead atoms. The molecule has 1 aliphatic heterocycles. The van der Waals surface area contributed by atoms with E-state index in [9.17, 15) is 8.78 Å². The highest BCUT2D eigenvalue weighted by atomic mass is 19.1. The zero-order chi connectivity index (χ0) is 22.7. The lowest BCUT2D eigenvalue weighted by Gasteiger charge is -2.38. The van der Waals surface area contributed by atoms with Gasteiger partial charge in [-0.2, -0.15) is 4.98 Å². The predicted octanol–water partition coefficient (Wildman–Crippen LogP) is 3.49. The smallest absolute Gasteiger partial charge is 0.246 e. The molecule has 2 aromatic carbocycles. The van der Waals surface area contributed by atoms with Gasteiger partial charge < -0.3 is 20.2 Å². The number of piperidine rings is 1. The van der Waals surface area contributed by atoms with E-state index in [1.807, 2.05) is 13.0 Å². The average molecular weight is 443 g/mol. The van der Waals surface area contributed by atoms with Crippen molar-refractivity contribution >= 4 is 17.3 Å². The molecule has 2 heterocycles. The number of likely N-dealkylation sites (N-methyl/N-ethyl adjacent to an activating group) is 1. The highest BCUT2D eigenvalue weighted by molar-refractivity contribution is 5.64. The van der Waals surface area contributed by atoms with Gasteiger partial charge in [0, 0.05) is 43.1 Å². The van der Waals surface area contributed by atoms with E-state index in [1.54, 1.807) is 0 Å². The fourth-order valence-corrected chi connectivity index (χ4v) is 4.17. The molecule has 0 saturated carbocycles. The van der Waals surface area contributed by atoms with Gasteiger partial charge in [-0.25, -0.2) is 13.5 Å². The van der Waals surface area contributed by atoms with E-state index >= 15 is 0 Å². The van der Waals surface area contributed by atoms with Crippen molar-refractivity contribution in [3.05, 3.63) is 59.9 Å². The van der Waals surface area contributed by atoms with Crippen LogP contribution in [-0.4, -0.2) is 64.1 Å². The summed E-state index contributed by atoms with van der Waals surface area (Å²) in [4.78, 5) is 8.82. The summed E-state index contributed by atoms with van der Waals surface area (Å²) in [5, 5.41) is 16.7. The summed E-state index contributed by atoms with van der Waals surface area (Å²) in [5.41, 5.74) is 3.35. The summed E-state index contributed by atoms with van der Waals surface area (Å²) in [6, 6.07) is 9.94. The molecule has 3 aromatic rings.